The molecule has 1 saturated heterocycles. The molecule has 0 aromatic heterocycles. The van der Waals surface area contributed by atoms with E-state index in [1.54, 1.807) is 18.9 Å². The van der Waals surface area contributed by atoms with E-state index in [0.29, 0.717) is 38.4 Å². The first-order valence-corrected chi connectivity index (χ1v) is 13.7. The number of amidine groups is 1. The van der Waals surface area contributed by atoms with Crippen molar-refractivity contribution in [3.05, 3.63) is 65.2 Å². The van der Waals surface area contributed by atoms with E-state index >= 15 is 0 Å². The highest BCUT2D eigenvalue weighted by Crippen LogP contribution is 2.38. The molecule has 9 nitrogen and oxygen atoms in total. The quantitative estimate of drug-likeness (QED) is 0.381. The van der Waals surface area contributed by atoms with Crippen LogP contribution in [0.1, 0.15) is 56.2 Å². The molecule has 2 aliphatic heterocycles. The zero-order valence-corrected chi connectivity index (χ0v) is 23.4. The average molecular weight is 534 g/mol. The minimum atomic E-state index is -0.702. The van der Waals surface area contributed by atoms with Gasteiger partial charge in [0.15, 0.2) is 6.17 Å². The molecule has 0 radical (unpaired) electrons. The van der Waals surface area contributed by atoms with E-state index < -0.39 is 11.6 Å². The second-order valence-electron chi connectivity index (χ2n) is 10.3. The van der Waals surface area contributed by atoms with Gasteiger partial charge < -0.3 is 19.7 Å². The molecule has 2 unspecified atom stereocenters. The van der Waals surface area contributed by atoms with Crippen LogP contribution in [0.3, 0.4) is 0 Å². The van der Waals surface area contributed by atoms with Crippen LogP contribution in [0, 0.1) is 6.92 Å². The van der Waals surface area contributed by atoms with Crippen molar-refractivity contribution in [3.63, 3.8) is 0 Å². The summed E-state index contributed by atoms with van der Waals surface area (Å²) in [6, 6.07) is 15.0. The highest BCUT2D eigenvalue weighted by molar-refractivity contribution is 5.88. The van der Waals surface area contributed by atoms with Gasteiger partial charge in [0, 0.05) is 25.9 Å². The van der Waals surface area contributed by atoms with Gasteiger partial charge in [-0.05, 0) is 49.1 Å². The number of ether oxygens (including phenoxy) is 2. The minimum absolute atomic E-state index is 0.114. The summed E-state index contributed by atoms with van der Waals surface area (Å²) >= 11 is 0. The number of likely N-dealkylation sites (tertiary alicyclic amines) is 1. The van der Waals surface area contributed by atoms with Gasteiger partial charge >= 0.3 is 0 Å². The smallest absolute Gasteiger partial charge is 0.245 e. The molecular weight excluding hydrogens is 494 g/mol. The van der Waals surface area contributed by atoms with Crippen molar-refractivity contribution >= 4 is 17.6 Å². The number of aliphatic imine (C=N–C) groups is 1. The van der Waals surface area contributed by atoms with Crippen LogP contribution < -0.4 is 10.1 Å². The Kier molecular flexibility index (Phi) is 9.45. The maximum Gasteiger partial charge on any atom is 0.245 e. The molecule has 1 fully saturated rings. The van der Waals surface area contributed by atoms with Crippen molar-refractivity contribution in [1.82, 2.24) is 10.2 Å². The Morgan fingerprint density at radius 2 is 1.87 bits per heavy atom. The van der Waals surface area contributed by atoms with Gasteiger partial charge in [0.25, 0.3) is 0 Å². The lowest BCUT2D eigenvalue weighted by Crippen LogP contribution is -2.66. The summed E-state index contributed by atoms with van der Waals surface area (Å²) < 4.78 is 11.7. The van der Waals surface area contributed by atoms with E-state index in [-0.39, 0.29) is 24.4 Å². The van der Waals surface area contributed by atoms with E-state index in [2.05, 4.69) is 46.5 Å². The first-order chi connectivity index (χ1) is 18.8. The fourth-order valence-electron chi connectivity index (χ4n) is 5.05. The summed E-state index contributed by atoms with van der Waals surface area (Å²) in [6.07, 6.45) is 2.69. The molecule has 1 N–H and O–H groups in total. The van der Waals surface area contributed by atoms with Crippen LogP contribution in [-0.4, -0.2) is 61.6 Å². The molecule has 0 saturated carbocycles. The molecule has 2 heterocycles. The largest absolute Gasteiger partial charge is 0.497 e. The van der Waals surface area contributed by atoms with Crippen LogP contribution in [0.25, 0.3) is 0 Å². The van der Waals surface area contributed by atoms with Crippen molar-refractivity contribution in [1.29, 1.82) is 0 Å². The van der Waals surface area contributed by atoms with Crippen LogP contribution >= 0.6 is 0 Å². The molecule has 9 heteroatoms. The Hall–Kier alpha value is -3.59. The number of amides is 2. The van der Waals surface area contributed by atoms with Crippen molar-refractivity contribution < 1.29 is 19.1 Å². The summed E-state index contributed by atoms with van der Waals surface area (Å²) in [5.41, 5.74) is 2.66. The van der Waals surface area contributed by atoms with E-state index in [4.69, 9.17) is 9.47 Å². The highest BCUT2D eigenvalue weighted by atomic mass is 16.5. The molecular formula is C30H39N5O4. The standard InChI is InChI=1S/C30H39N5O4/c1-5-6-17-39-30(25-10-8-7-9-21(25)2)19-35(20-30)29(37)26(18-23-11-13-24(38-4)14-12-23)32-28(36)16-15-27-31-22(3)33-34-27/h7-14,26-27H,5-6,15-20H2,1-4H3,(H,32,36). The summed E-state index contributed by atoms with van der Waals surface area (Å²) in [5.74, 6) is 1.03. The van der Waals surface area contributed by atoms with Gasteiger partial charge in [-0.1, -0.05) is 49.7 Å². The third-order valence-corrected chi connectivity index (χ3v) is 7.25. The molecule has 2 aromatic rings. The fourth-order valence-corrected chi connectivity index (χ4v) is 5.05. The van der Waals surface area contributed by atoms with E-state index in [9.17, 15) is 9.59 Å². The average Bonchev–Trinajstić information content (AvgIpc) is 3.34. The molecule has 2 amide bonds. The van der Waals surface area contributed by atoms with E-state index in [1.807, 2.05) is 36.4 Å². The predicted octanol–water partition coefficient (Wildman–Crippen LogP) is 4.58. The number of nitrogens with zero attached hydrogens (tertiary/aromatic N) is 4. The second-order valence-corrected chi connectivity index (χ2v) is 10.3. The number of aryl methyl sites for hydroxylation is 1. The maximum absolute atomic E-state index is 13.8. The number of azo groups is 1. The van der Waals surface area contributed by atoms with Crippen LogP contribution in [0.15, 0.2) is 63.8 Å². The first kappa shape index (κ1) is 28.4. The number of benzene rings is 2. The van der Waals surface area contributed by atoms with Gasteiger partial charge in [0.2, 0.25) is 11.8 Å². The molecule has 39 heavy (non-hydrogen) atoms. The Morgan fingerprint density at radius 1 is 1.13 bits per heavy atom. The normalized spacial score (nSPS) is 18.3. The summed E-state index contributed by atoms with van der Waals surface area (Å²) in [5, 5.41) is 11.0. The molecule has 4 rings (SSSR count). The molecule has 208 valence electrons. The summed E-state index contributed by atoms with van der Waals surface area (Å²) in [6.45, 7) is 7.53. The van der Waals surface area contributed by atoms with Crippen LogP contribution in [0.2, 0.25) is 0 Å². The van der Waals surface area contributed by atoms with Crippen LogP contribution in [0.4, 0.5) is 0 Å². The Bertz CT molecular complexity index is 1200. The van der Waals surface area contributed by atoms with Gasteiger partial charge in [0.1, 0.15) is 23.2 Å². The lowest BCUT2D eigenvalue weighted by Gasteiger charge is -2.51. The third kappa shape index (κ3) is 7.09. The number of hydrogen-bond acceptors (Lipinski definition) is 7. The van der Waals surface area contributed by atoms with E-state index in [1.165, 1.54) is 0 Å². The van der Waals surface area contributed by atoms with Crippen molar-refractivity contribution in [2.75, 3.05) is 26.8 Å². The number of methoxy groups -OCH3 is 1. The monoisotopic (exact) mass is 533 g/mol. The predicted molar refractivity (Wildman–Crippen MR) is 150 cm³/mol. The van der Waals surface area contributed by atoms with Gasteiger partial charge in [0.05, 0.1) is 20.2 Å². The Balaban J connectivity index is 1.47. The van der Waals surface area contributed by atoms with Crippen LogP contribution in [0.5, 0.6) is 5.75 Å². The SMILES string of the molecule is CCCCOC1(c2ccccc2C)CN(C(=O)C(Cc2ccc(OC)cc2)NC(=O)CCC2N=NC(C)=N2)C1. The topological polar surface area (TPSA) is 105 Å². The van der Waals surface area contributed by atoms with Gasteiger partial charge in [-0.15, -0.1) is 5.11 Å². The third-order valence-electron chi connectivity index (χ3n) is 7.25. The van der Waals surface area contributed by atoms with Crippen LogP contribution in [-0.2, 0) is 26.3 Å². The molecule has 0 spiro atoms. The van der Waals surface area contributed by atoms with E-state index in [0.717, 1.165) is 35.3 Å². The zero-order chi connectivity index (χ0) is 27.8. The number of rotatable bonds is 13. The summed E-state index contributed by atoms with van der Waals surface area (Å²) in [4.78, 5) is 32.8. The summed E-state index contributed by atoms with van der Waals surface area (Å²) in [7, 11) is 1.62. The van der Waals surface area contributed by atoms with Crippen molar-refractivity contribution in [2.24, 2.45) is 15.2 Å². The number of carbonyl (C=O) groups excluding carboxylic acids is 2. The Morgan fingerprint density at radius 3 is 2.51 bits per heavy atom. The molecule has 0 bridgehead atoms. The first-order valence-electron chi connectivity index (χ1n) is 13.7. The number of carbonyl (C=O) groups is 2. The molecule has 2 aliphatic rings. The maximum atomic E-state index is 13.8. The minimum Gasteiger partial charge on any atom is -0.497 e. The number of nitrogens with one attached hydrogen (secondary N) is 1. The van der Waals surface area contributed by atoms with Crippen molar-refractivity contribution in [2.45, 2.75) is 70.7 Å². The second kappa shape index (κ2) is 13.0. The Labute approximate surface area is 230 Å². The van der Waals surface area contributed by atoms with Gasteiger partial charge in [-0.3, -0.25) is 9.59 Å². The molecule has 2 atom stereocenters. The number of unbranched alkanes of at least 4 members (excludes halogenated alkanes) is 1. The van der Waals surface area contributed by atoms with Gasteiger partial charge in [-0.25, -0.2) is 4.99 Å². The highest BCUT2D eigenvalue weighted by Gasteiger charge is 2.49. The fraction of sp³-hybridized carbons (Fsp3) is 0.500. The van der Waals surface area contributed by atoms with Crippen molar-refractivity contribution in [3.8, 4) is 5.75 Å². The molecule has 0 aliphatic carbocycles. The molecule has 2 aromatic carbocycles. The lowest BCUT2D eigenvalue weighted by atomic mass is 9.82. The number of hydrogen-bond donors (Lipinski definition) is 1. The lowest BCUT2D eigenvalue weighted by molar-refractivity contribution is -0.175. The zero-order valence-electron chi connectivity index (χ0n) is 23.4. The van der Waals surface area contributed by atoms with Gasteiger partial charge in [-0.2, -0.15) is 5.11 Å².